The molecule has 13 rings (SSSR count). The van der Waals surface area contributed by atoms with E-state index in [0.717, 1.165) is 50.4 Å². The molecule has 0 N–H and O–H groups in total. The van der Waals surface area contributed by atoms with Gasteiger partial charge in [-0.3, -0.25) is 0 Å². The number of rotatable bonds is 4. The number of hydrogen-bond donors (Lipinski definition) is 0. The van der Waals surface area contributed by atoms with Crippen LogP contribution in [-0.4, -0.2) is 11.3 Å². The molecule has 0 saturated carbocycles. The van der Waals surface area contributed by atoms with Gasteiger partial charge in [-0.15, -0.1) is 0 Å². The van der Waals surface area contributed by atoms with E-state index < -0.39 is 0 Å². The van der Waals surface area contributed by atoms with Crippen LogP contribution in [0.15, 0.2) is 156 Å². The molecule has 374 valence electrons. The lowest BCUT2D eigenvalue weighted by Gasteiger charge is -2.41. The van der Waals surface area contributed by atoms with Gasteiger partial charge in [0, 0.05) is 66.8 Å². The fourth-order valence-corrected chi connectivity index (χ4v) is 13.1. The number of anilines is 6. The highest BCUT2D eigenvalue weighted by molar-refractivity contribution is 7.00. The number of hydrogen-bond acceptors (Lipinski definition) is 3. The third-order valence-corrected chi connectivity index (χ3v) is 17.2. The molecule has 4 nitrogen and oxygen atoms in total. The molecule has 4 heterocycles. The molecule has 5 heteroatoms. The Morgan fingerprint density at radius 1 is 0.480 bits per heavy atom. The van der Waals surface area contributed by atoms with Crippen molar-refractivity contribution in [1.82, 2.24) is 4.57 Å². The zero-order valence-corrected chi connectivity index (χ0v) is 46.8. The third kappa shape index (κ3) is 7.02. The molecule has 0 radical (unpaired) electrons. The van der Waals surface area contributed by atoms with E-state index in [0.29, 0.717) is 0 Å². The van der Waals surface area contributed by atoms with Gasteiger partial charge in [0.05, 0.1) is 11.4 Å². The van der Waals surface area contributed by atoms with E-state index in [9.17, 15) is 0 Å². The Balaban J connectivity index is 1.14. The second kappa shape index (κ2) is 15.7. The smallest absolute Gasteiger partial charge is 0.252 e. The molecule has 0 fully saturated rings. The molecular formula is C70H70BN3O. The van der Waals surface area contributed by atoms with Crippen molar-refractivity contribution in [3.63, 3.8) is 0 Å². The van der Waals surface area contributed by atoms with Crippen molar-refractivity contribution in [3.05, 3.63) is 191 Å². The maximum absolute atomic E-state index is 7.23. The minimum atomic E-state index is -0.196. The number of nitrogens with zero attached hydrogens (tertiary/aromatic N) is 3. The Kier molecular flexibility index (Phi) is 9.92. The zero-order chi connectivity index (χ0) is 52.6. The highest BCUT2D eigenvalue weighted by Crippen LogP contribution is 2.56. The van der Waals surface area contributed by atoms with Crippen molar-refractivity contribution in [2.45, 2.75) is 131 Å². The van der Waals surface area contributed by atoms with Gasteiger partial charge in [-0.1, -0.05) is 182 Å². The molecule has 2 aromatic heterocycles. The van der Waals surface area contributed by atoms with Gasteiger partial charge in [-0.2, -0.15) is 0 Å². The van der Waals surface area contributed by atoms with Crippen LogP contribution in [0.5, 0.6) is 0 Å². The van der Waals surface area contributed by atoms with Crippen LogP contribution >= 0.6 is 0 Å². The standard InChI is InChI=1S/C70H70BN3O/c1-41-35-58-62-59(36-41)74-63-52(61-64(74)51-19-16-17-21-53(51)70(61,14)15)37-45(69(11,12)13)38-55(63)71(62)54-34-32-48(72(46-28-23-42(24-29-46)66(2,3)4)47-30-25-43(26-31-47)67(5,6)7)40-57(54)73(58)56-22-18-20-50-49-33-27-44(68(8,9)10)39-60(49)75-65(50)56/h16-40H,1-15H3. The maximum atomic E-state index is 7.23. The Labute approximate surface area is 445 Å². The van der Waals surface area contributed by atoms with Crippen molar-refractivity contribution in [2.24, 2.45) is 0 Å². The first-order valence-corrected chi connectivity index (χ1v) is 27.3. The summed E-state index contributed by atoms with van der Waals surface area (Å²) in [7, 11) is 0. The Bertz CT molecular complexity index is 3970. The molecule has 3 aliphatic rings. The number of fused-ring (bicyclic) bond motifs is 12. The van der Waals surface area contributed by atoms with Crippen LogP contribution < -0.4 is 26.2 Å². The van der Waals surface area contributed by atoms with Gasteiger partial charge < -0.3 is 18.8 Å². The average molecular weight is 980 g/mol. The highest BCUT2D eigenvalue weighted by Gasteiger charge is 2.48. The summed E-state index contributed by atoms with van der Waals surface area (Å²) >= 11 is 0. The molecule has 0 atom stereocenters. The van der Waals surface area contributed by atoms with Crippen molar-refractivity contribution >= 4 is 90.1 Å². The van der Waals surface area contributed by atoms with Crippen LogP contribution in [0, 0.1) is 6.92 Å². The summed E-state index contributed by atoms with van der Waals surface area (Å²) < 4.78 is 9.91. The summed E-state index contributed by atoms with van der Waals surface area (Å²) in [4.78, 5) is 5.02. The van der Waals surface area contributed by atoms with Crippen molar-refractivity contribution in [2.75, 3.05) is 9.80 Å². The predicted molar refractivity (Wildman–Crippen MR) is 322 cm³/mol. The first-order valence-electron chi connectivity index (χ1n) is 27.3. The number of furan rings is 1. The largest absolute Gasteiger partial charge is 0.454 e. The van der Waals surface area contributed by atoms with Crippen LogP contribution in [-0.2, 0) is 27.1 Å². The number of para-hydroxylation sites is 1. The van der Waals surface area contributed by atoms with Gasteiger partial charge in [0.25, 0.3) is 6.71 Å². The Morgan fingerprint density at radius 3 is 1.72 bits per heavy atom. The quantitative estimate of drug-likeness (QED) is 0.164. The van der Waals surface area contributed by atoms with Gasteiger partial charge in [0.2, 0.25) is 0 Å². The lowest BCUT2D eigenvalue weighted by molar-refractivity contribution is 0.587. The van der Waals surface area contributed by atoms with Crippen LogP contribution in [0.1, 0.15) is 136 Å². The van der Waals surface area contributed by atoms with Gasteiger partial charge in [-0.25, -0.2) is 0 Å². The van der Waals surface area contributed by atoms with Crippen molar-refractivity contribution < 1.29 is 4.42 Å². The molecule has 8 aromatic carbocycles. The fourth-order valence-electron chi connectivity index (χ4n) is 13.1. The van der Waals surface area contributed by atoms with Crippen molar-refractivity contribution in [1.29, 1.82) is 0 Å². The van der Waals surface area contributed by atoms with Gasteiger partial charge in [0.1, 0.15) is 5.58 Å². The zero-order valence-electron chi connectivity index (χ0n) is 46.8. The first kappa shape index (κ1) is 47.5. The van der Waals surface area contributed by atoms with E-state index in [2.05, 4.69) is 270 Å². The third-order valence-electron chi connectivity index (χ3n) is 17.2. The Morgan fingerprint density at radius 2 is 1.08 bits per heavy atom. The van der Waals surface area contributed by atoms with E-state index in [-0.39, 0.29) is 33.8 Å². The first-order chi connectivity index (χ1) is 35.4. The van der Waals surface area contributed by atoms with E-state index in [1.165, 1.54) is 88.9 Å². The molecule has 2 aliphatic heterocycles. The van der Waals surface area contributed by atoms with Crippen LogP contribution in [0.4, 0.5) is 34.1 Å². The van der Waals surface area contributed by atoms with Gasteiger partial charge in [0.15, 0.2) is 5.58 Å². The number of aryl methyl sites for hydroxylation is 1. The second-order valence-corrected chi connectivity index (χ2v) is 26.8. The topological polar surface area (TPSA) is 24.6 Å². The maximum Gasteiger partial charge on any atom is 0.252 e. The predicted octanol–water partition coefficient (Wildman–Crippen LogP) is 17.4. The van der Waals surface area contributed by atoms with E-state index in [4.69, 9.17) is 4.42 Å². The molecule has 10 aromatic rings. The lowest BCUT2D eigenvalue weighted by atomic mass is 9.33. The lowest BCUT2D eigenvalue weighted by Crippen LogP contribution is -2.60. The average Bonchev–Trinajstić information content (AvgIpc) is 4.12. The van der Waals surface area contributed by atoms with E-state index in [1.807, 2.05) is 0 Å². The van der Waals surface area contributed by atoms with E-state index in [1.54, 1.807) is 0 Å². The monoisotopic (exact) mass is 980 g/mol. The molecular weight excluding hydrogens is 910 g/mol. The highest BCUT2D eigenvalue weighted by atomic mass is 16.3. The summed E-state index contributed by atoms with van der Waals surface area (Å²) in [6.45, 7) is 34.8. The van der Waals surface area contributed by atoms with Gasteiger partial charge in [-0.05, 0) is 151 Å². The van der Waals surface area contributed by atoms with E-state index >= 15 is 0 Å². The summed E-state index contributed by atoms with van der Waals surface area (Å²) in [6.07, 6.45) is 0. The molecule has 0 amide bonds. The SMILES string of the molecule is Cc1cc2c3c(c1)-n1c4c(c5cc(C(C)(C)C)cc(c51)B3c1ccc(N(c3ccc(C(C)(C)C)cc3)c3ccc(C(C)(C)C)cc3)cc1N2c1cccc2c1oc1cc(C(C)(C)C)ccc12)C(C)(C)c1ccccc1-4. The Hall–Kier alpha value is -7.24. The summed E-state index contributed by atoms with van der Waals surface area (Å²) in [6, 6.07) is 58.6. The second-order valence-electron chi connectivity index (χ2n) is 26.8. The summed E-state index contributed by atoms with van der Waals surface area (Å²) in [5.41, 5.74) is 26.8. The molecule has 1 aliphatic carbocycles. The van der Waals surface area contributed by atoms with Crippen LogP contribution in [0.2, 0.25) is 0 Å². The number of benzene rings is 8. The normalized spacial score (nSPS) is 14.7. The molecule has 0 saturated heterocycles. The minimum Gasteiger partial charge on any atom is -0.454 e. The molecule has 0 spiro atoms. The van der Waals surface area contributed by atoms with Crippen LogP contribution in [0.25, 0.3) is 49.8 Å². The number of aromatic nitrogens is 1. The summed E-state index contributed by atoms with van der Waals surface area (Å²) in [5.74, 6) is 0. The summed E-state index contributed by atoms with van der Waals surface area (Å²) in [5, 5.41) is 3.62. The molecule has 0 unspecified atom stereocenters. The van der Waals surface area contributed by atoms with Crippen molar-refractivity contribution in [3.8, 4) is 16.9 Å². The fraction of sp³-hybridized carbons (Fsp3) is 0.286. The molecule has 75 heavy (non-hydrogen) atoms. The van der Waals surface area contributed by atoms with Gasteiger partial charge >= 0.3 is 0 Å². The van der Waals surface area contributed by atoms with Crippen LogP contribution in [0.3, 0.4) is 0 Å². The minimum absolute atomic E-state index is 0.0231. The molecule has 0 bridgehead atoms.